The maximum absolute atomic E-state index is 12.0. The van der Waals surface area contributed by atoms with E-state index in [-0.39, 0.29) is 24.4 Å². The Labute approximate surface area is 210 Å². The van der Waals surface area contributed by atoms with Crippen molar-refractivity contribution in [2.45, 2.75) is 76.7 Å². The molecule has 5 atom stereocenters. The maximum Gasteiger partial charge on any atom is 0.407 e. The third-order valence-electron chi connectivity index (χ3n) is 6.47. The van der Waals surface area contributed by atoms with Crippen LogP contribution in [-0.4, -0.2) is 94.1 Å². The molecule has 3 fully saturated rings. The van der Waals surface area contributed by atoms with Crippen molar-refractivity contribution in [3.63, 3.8) is 0 Å². The molecule has 2 aromatic heterocycles. The van der Waals surface area contributed by atoms with Crippen LogP contribution in [-0.2, 0) is 23.7 Å². The molecule has 1 unspecified atom stereocenters. The van der Waals surface area contributed by atoms with Gasteiger partial charge in [-0.1, -0.05) is 0 Å². The van der Waals surface area contributed by atoms with Gasteiger partial charge in [-0.05, 0) is 40.7 Å². The summed E-state index contributed by atoms with van der Waals surface area (Å²) >= 11 is 0. The third-order valence-corrected chi connectivity index (χ3v) is 6.47. The molecule has 0 radical (unpaired) electrons. The largest absolute Gasteiger partial charge is 0.444 e. The highest BCUT2D eigenvalue weighted by Crippen LogP contribution is 2.44. The van der Waals surface area contributed by atoms with E-state index in [4.69, 9.17) is 29.4 Å². The average molecular weight is 505 g/mol. The number of nitrogens with one attached hydrogen (secondary N) is 1. The first-order valence-electron chi connectivity index (χ1n) is 12.4. The van der Waals surface area contributed by atoms with Crippen LogP contribution < -0.4 is 11.1 Å². The first-order valence-corrected chi connectivity index (χ1v) is 12.4. The summed E-state index contributed by atoms with van der Waals surface area (Å²) in [5, 5.41) is 3.57. The van der Waals surface area contributed by atoms with Crippen LogP contribution >= 0.6 is 0 Å². The molecule has 3 N–H and O–H groups in total. The van der Waals surface area contributed by atoms with E-state index in [0.717, 1.165) is 11.9 Å². The van der Waals surface area contributed by atoms with Crippen LogP contribution in [0.5, 0.6) is 0 Å². The van der Waals surface area contributed by atoms with Gasteiger partial charge in [0, 0.05) is 32.4 Å². The summed E-state index contributed by atoms with van der Waals surface area (Å²) in [4.78, 5) is 22.8. The van der Waals surface area contributed by atoms with E-state index in [2.05, 4.69) is 20.2 Å². The number of aromatic nitrogens is 3. The number of fused-ring (bicyclic) bond motifs is 2. The summed E-state index contributed by atoms with van der Waals surface area (Å²) in [6, 6.07) is 1.89. The molecule has 0 spiro atoms. The van der Waals surface area contributed by atoms with Gasteiger partial charge in [-0.15, -0.1) is 0 Å². The second kappa shape index (κ2) is 9.42. The monoisotopic (exact) mass is 504 g/mol. The summed E-state index contributed by atoms with van der Waals surface area (Å²) in [6.45, 7) is 12.3. The number of rotatable bonds is 5. The van der Waals surface area contributed by atoms with Crippen molar-refractivity contribution in [2.24, 2.45) is 0 Å². The number of alkyl carbamates (subject to hydrolysis) is 1. The minimum absolute atomic E-state index is 0.149. The predicted octanol–water partition coefficient (Wildman–Crippen LogP) is 1.66. The zero-order valence-electron chi connectivity index (χ0n) is 21.5. The van der Waals surface area contributed by atoms with E-state index in [9.17, 15) is 4.79 Å². The van der Waals surface area contributed by atoms with Gasteiger partial charge in [0.15, 0.2) is 12.0 Å². The fraction of sp³-hybridized carbons (Fsp3) is 0.708. The maximum atomic E-state index is 12.0. The van der Waals surface area contributed by atoms with Crippen LogP contribution in [0.1, 0.15) is 40.8 Å². The Bertz CT molecular complexity index is 1100. The molecule has 3 aliphatic rings. The molecule has 2 aromatic rings. The Morgan fingerprint density at radius 2 is 2.06 bits per heavy atom. The number of amides is 1. The molecule has 198 valence electrons. The minimum Gasteiger partial charge on any atom is -0.444 e. The van der Waals surface area contributed by atoms with E-state index >= 15 is 0 Å². The van der Waals surface area contributed by atoms with Crippen molar-refractivity contribution in [1.82, 2.24) is 24.8 Å². The zero-order valence-corrected chi connectivity index (χ0v) is 21.5. The summed E-state index contributed by atoms with van der Waals surface area (Å²) in [5.74, 6) is -0.301. The molecule has 12 nitrogen and oxygen atoms in total. The lowest BCUT2D eigenvalue weighted by Crippen LogP contribution is -2.51. The Hall–Kier alpha value is -2.51. The molecule has 5 heterocycles. The summed E-state index contributed by atoms with van der Waals surface area (Å²) in [7, 11) is 0. The van der Waals surface area contributed by atoms with Gasteiger partial charge in [0.1, 0.15) is 41.7 Å². The lowest BCUT2D eigenvalue weighted by atomic mass is 10.1. The first-order chi connectivity index (χ1) is 17.0. The standard InChI is InChI=1S/C24H36N6O6/c1-23(2,3)36-22(31)26-10-14-11-29(8-9-32-14)12-16-17-18(35-24(4,5)34-17)21(33-16)30-7-6-15-19(25)27-13-28-20(15)30/h6-7,13-14,16-18,21H,8-12H2,1-5H3,(H,26,31)(H2,25,27,28)/t14?,16-,17-,18-,21-/m1/s1. The Morgan fingerprint density at radius 1 is 1.28 bits per heavy atom. The number of nitrogen functional groups attached to an aromatic ring is 1. The van der Waals surface area contributed by atoms with Crippen LogP contribution in [0.4, 0.5) is 10.6 Å². The molecule has 12 heteroatoms. The van der Waals surface area contributed by atoms with Gasteiger partial charge in [0.2, 0.25) is 0 Å². The molecule has 36 heavy (non-hydrogen) atoms. The summed E-state index contributed by atoms with van der Waals surface area (Å²) < 4.78 is 32.3. The second-order valence-corrected chi connectivity index (χ2v) is 11.0. The van der Waals surface area contributed by atoms with Crippen molar-refractivity contribution in [3.05, 3.63) is 18.6 Å². The summed E-state index contributed by atoms with van der Waals surface area (Å²) in [5.41, 5.74) is 6.19. The Balaban J connectivity index is 1.26. The van der Waals surface area contributed by atoms with Crippen molar-refractivity contribution in [3.8, 4) is 0 Å². The molecule has 1 amide bonds. The Kier molecular flexibility index (Phi) is 6.58. The van der Waals surface area contributed by atoms with Crippen molar-refractivity contribution in [1.29, 1.82) is 0 Å². The van der Waals surface area contributed by atoms with Crippen molar-refractivity contribution in [2.75, 3.05) is 38.5 Å². The number of hydrogen-bond acceptors (Lipinski definition) is 10. The van der Waals surface area contributed by atoms with Crippen LogP contribution in [0.25, 0.3) is 11.0 Å². The highest BCUT2D eigenvalue weighted by Gasteiger charge is 2.56. The van der Waals surface area contributed by atoms with Gasteiger partial charge in [0.25, 0.3) is 0 Å². The minimum atomic E-state index is -0.725. The fourth-order valence-corrected chi connectivity index (χ4v) is 5.06. The van der Waals surface area contributed by atoms with Crippen molar-refractivity contribution < 1.29 is 28.5 Å². The van der Waals surface area contributed by atoms with Crippen LogP contribution in [0.3, 0.4) is 0 Å². The van der Waals surface area contributed by atoms with E-state index in [1.54, 1.807) is 0 Å². The van der Waals surface area contributed by atoms with Crippen LogP contribution in [0.15, 0.2) is 18.6 Å². The number of anilines is 1. The van der Waals surface area contributed by atoms with E-state index in [0.29, 0.717) is 37.7 Å². The topological polar surface area (TPSA) is 135 Å². The molecule has 0 aliphatic carbocycles. The molecule has 0 aromatic carbocycles. The highest BCUT2D eigenvalue weighted by atomic mass is 16.8. The van der Waals surface area contributed by atoms with Gasteiger partial charge in [-0.2, -0.15) is 0 Å². The number of carbonyl (C=O) groups is 1. The number of ether oxygens (including phenoxy) is 5. The first kappa shape index (κ1) is 25.2. The van der Waals surface area contributed by atoms with Crippen molar-refractivity contribution >= 4 is 22.9 Å². The second-order valence-electron chi connectivity index (χ2n) is 11.0. The van der Waals surface area contributed by atoms with Crippen LogP contribution in [0.2, 0.25) is 0 Å². The smallest absolute Gasteiger partial charge is 0.407 e. The van der Waals surface area contributed by atoms with E-state index in [1.165, 1.54) is 6.33 Å². The normalized spacial score (nSPS) is 30.4. The lowest BCUT2D eigenvalue weighted by molar-refractivity contribution is -0.199. The van der Waals surface area contributed by atoms with Gasteiger partial charge >= 0.3 is 6.09 Å². The number of hydrogen-bond donors (Lipinski definition) is 2. The van der Waals surface area contributed by atoms with E-state index in [1.807, 2.05) is 51.4 Å². The predicted molar refractivity (Wildman–Crippen MR) is 130 cm³/mol. The Morgan fingerprint density at radius 3 is 2.83 bits per heavy atom. The number of morpholine rings is 1. The number of carbonyl (C=O) groups excluding carboxylic acids is 1. The zero-order chi connectivity index (χ0) is 25.7. The molecule has 3 saturated heterocycles. The highest BCUT2D eigenvalue weighted by molar-refractivity contribution is 5.86. The third kappa shape index (κ3) is 5.28. The summed E-state index contributed by atoms with van der Waals surface area (Å²) in [6.07, 6.45) is 1.56. The number of nitrogens with two attached hydrogens (primary N) is 1. The molecule has 5 rings (SSSR count). The van der Waals surface area contributed by atoms with E-state index < -0.39 is 23.7 Å². The van der Waals surface area contributed by atoms with Gasteiger partial charge in [-0.3, -0.25) is 4.90 Å². The molecular formula is C24H36N6O6. The lowest BCUT2D eigenvalue weighted by Gasteiger charge is -2.35. The van der Waals surface area contributed by atoms with Gasteiger partial charge in [-0.25, -0.2) is 14.8 Å². The SMILES string of the molecule is CC(C)(C)OC(=O)NCC1CN(C[C@H]2O[C@@H](n3ccc4c(N)ncnc43)[C@@H]3OC(C)(C)O[C@@H]32)CCO1. The molecule has 3 aliphatic heterocycles. The molecule has 0 saturated carbocycles. The number of nitrogens with zero attached hydrogens (tertiary/aromatic N) is 4. The van der Waals surface area contributed by atoms with Gasteiger partial charge < -0.3 is 39.3 Å². The quantitative estimate of drug-likeness (QED) is 0.619. The average Bonchev–Trinajstić information content (AvgIpc) is 3.44. The fourth-order valence-electron chi connectivity index (χ4n) is 5.06. The molecule has 0 bridgehead atoms. The molecular weight excluding hydrogens is 468 g/mol. The van der Waals surface area contributed by atoms with Gasteiger partial charge in [0.05, 0.1) is 18.1 Å². The van der Waals surface area contributed by atoms with Crippen LogP contribution in [0, 0.1) is 0 Å².